The molecule has 4 heteroatoms. The van der Waals surface area contributed by atoms with Gasteiger partial charge >= 0.3 is 5.97 Å². The predicted octanol–water partition coefficient (Wildman–Crippen LogP) is 14.5. The van der Waals surface area contributed by atoms with E-state index < -0.39 is 6.10 Å². The molecule has 0 heterocycles. The fourth-order valence-corrected chi connectivity index (χ4v) is 6.72. The predicted molar refractivity (Wildman–Crippen MR) is 214 cm³/mol. The third kappa shape index (κ3) is 41.4. The first-order chi connectivity index (χ1) is 24.2. The maximum atomic E-state index is 12.2. The van der Waals surface area contributed by atoms with Crippen LogP contribution in [-0.2, 0) is 14.3 Å². The molecule has 0 bridgehead atoms. The molecule has 49 heavy (non-hydrogen) atoms. The molecular formula is C45H88O4. The first-order valence-electron chi connectivity index (χ1n) is 22.3. The second-order valence-corrected chi connectivity index (χ2v) is 15.1. The molecule has 292 valence electrons. The van der Waals surface area contributed by atoms with Crippen molar-refractivity contribution < 1.29 is 19.4 Å². The van der Waals surface area contributed by atoms with Gasteiger partial charge in [-0.1, -0.05) is 219 Å². The van der Waals surface area contributed by atoms with Gasteiger partial charge in [0, 0.05) is 13.0 Å². The van der Waals surface area contributed by atoms with Crippen molar-refractivity contribution in [3.8, 4) is 0 Å². The number of aliphatic hydroxyl groups is 1. The SMILES string of the molecule is CCCC/C=C\CCCCCCCCOCC(CO)OC(=O)CCCCCCCCCCCCCCCCCCCCCCCCCCC. The Bertz CT molecular complexity index is 648. The minimum absolute atomic E-state index is 0.169. The van der Waals surface area contributed by atoms with Crippen LogP contribution in [0.2, 0.25) is 0 Å². The lowest BCUT2D eigenvalue weighted by atomic mass is 10.0. The van der Waals surface area contributed by atoms with Crippen molar-refractivity contribution in [1.29, 1.82) is 0 Å². The van der Waals surface area contributed by atoms with Gasteiger partial charge in [-0.25, -0.2) is 0 Å². The van der Waals surface area contributed by atoms with E-state index in [4.69, 9.17) is 9.47 Å². The van der Waals surface area contributed by atoms with Gasteiger partial charge in [0.15, 0.2) is 0 Å². The van der Waals surface area contributed by atoms with E-state index >= 15 is 0 Å². The van der Waals surface area contributed by atoms with Gasteiger partial charge in [-0.2, -0.15) is 0 Å². The molecule has 1 unspecified atom stereocenters. The quantitative estimate of drug-likeness (QED) is 0.0393. The van der Waals surface area contributed by atoms with E-state index in [-0.39, 0.29) is 12.6 Å². The molecule has 0 aliphatic rings. The number of ether oxygens (including phenoxy) is 2. The Kier molecular flexibility index (Phi) is 42.5. The lowest BCUT2D eigenvalue weighted by Gasteiger charge is -2.15. The van der Waals surface area contributed by atoms with E-state index in [1.165, 1.54) is 205 Å². The molecule has 0 aromatic rings. The summed E-state index contributed by atoms with van der Waals surface area (Å²) >= 11 is 0. The molecule has 0 saturated heterocycles. The van der Waals surface area contributed by atoms with Gasteiger partial charge < -0.3 is 14.6 Å². The Morgan fingerprint density at radius 3 is 1.22 bits per heavy atom. The fourth-order valence-electron chi connectivity index (χ4n) is 6.72. The molecule has 1 atom stereocenters. The van der Waals surface area contributed by atoms with Crippen LogP contribution in [0.1, 0.15) is 245 Å². The molecule has 0 radical (unpaired) electrons. The van der Waals surface area contributed by atoms with Crippen molar-refractivity contribution in [2.75, 3.05) is 19.8 Å². The Morgan fingerprint density at radius 1 is 0.469 bits per heavy atom. The number of hydrogen-bond acceptors (Lipinski definition) is 4. The molecular weight excluding hydrogens is 604 g/mol. The number of esters is 1. The average Bonchev–Trinajstić information content (AvgIpc) is 3.11. The van der Waals surface area contributed by atoms with Crippen LogP contribution >= 0.6 is 0 Å². The number of carbonyl (C=O) groups excluding carboxylic acids is 1. The largest absolute Gasteiger partial charge is 0.457 e. The van der Waals surface area contributed by atoms with Gasteiger partial charge in [-0.05, 0) is 32.1 Å². The molecule has 0 aromatic carbocycles. The summed E-state index contributed by atoms with van der Waals surface area (Å²) < 4.78 is 11.1. The Hall–Kier alpha value is -0.870. The molecule has 0 spiro atoms. The maximum Gasteiger partial charge on any atom is 0.306 e. The zero-order valence-corrected chi connectivity index (χ0v) is 33.5. The van der Waals surface area contributed by atoms with Crippen LogP contribution in [-0.4, -0.2) is 37.0 Å². The first kappa shape index (κ1) is 48.1. The van der Waals surface area contributed by atoms with Crippen molar-refractivity contribution in [2.24, 2.45) is 0 Å². The number of rotatable bonds is 42. The van der Waals surface area contributed by atoms with Crippen LogP contribution < -0.4 is 0 Å². The van der Waals surface area contributed by atoms with E-state index in [2.05, 4.69) is 26.0 Å². The molecule has 0 aliphatic carbocycles. The Labute approximate surface area is 307 Å². The van der Waals surface area contributed by atoms with E-state index in [1.807, 2.05) is 0 Å². The number of hydrogen-bond donors (Lipinski definition) is 1. The van der Waals surface area contributed by atoms with Crippen LogP contribution in [0.4, 0.5) is 0 Å². The fraction of sp³-hybridized carbons (Fsp3) is 0.933. The van der Waals surface area contributed by atoms with Gasteiger partial charge in [-0.3, -0.25) is 4.79 Å². The zero-order valence-electron chi connectivity index (χ0n) is 33.5. The smallest absolute Gasteiger partial charge is 0.306 e. The molecule has 0 aromatic heterocycles. The number of carbonyl (C=O) groups is 1. The molecule has 1 N–H and O–H groups in total. The Balaban J connectivity index is 3.33. The van der Waals surface area contributed by atoms with Gasteiger partial charge in [0.05, 0.1) is 13.2 Å². The molecule has 0 fully saturated rings. The lowest BCUT2D eigenvalue weighted by Crippen LogP contribution is -2.27. The highest BCUT2D eigenvalue weighted by Gasteiger charge is 2.13. The molecule has 4 nitrogen and oxygen atoms in total. The summed E-state index contributed by atoms with van der Waals surface area (Å²) in [4.78, 5) is 12.2. The first-order valence-corrected chi connectivity index (χ1v) is 22.3. The topological polar surface area (TPSA) is 55.8 Å². The minimum atomic E-state index is -0.530. The number of allylic oxidation sites excluding steroid dienone is 2. The second-order valence-electron chi connectivity index (χ2n) is 15.1. The van der Waals surface area contributed by atoms with Crippen LogP contribution in [0.3, 0.4) is 0 Å². The summed E-state index contributed by atoms with van der Waals surface area (Å²) in [6, 6.07) is 0. The summed E-state index contributed by atoms with van der Waals surface area (Å²) in [5.41, 5.74) is 0. The molecule has 0 saturated carbocycles. The summed E-state index contributed by atoms with van der Waals surface area (Å²) in [6.45, 7) is 5.34. The average molecular weight is 693 g/mol. The summed E-state index contributed by atoms with van der Waals surface area (Å²) in [7, 11) is 0. The van der Waals surface area contributed by atoms with Gasteiger partial charge in [-0.15, -0.1) is 0 Å². The number of aliphatic hydroxyl groups excluding tert-OH is 1. The van der Waals surface area contributed by atoms with Crippen molar-refractivity contribution in [3.63, 3.8) is 0 Å². The summed E-state index contributed by atoms with van der Waals surface area (Å²) in [5, 5.41) is 9.58. The van der Waals surface area contributed by atoms with E-state index in [0.717, 1.165) is 19.3 Å². The van der Waals surface area contributed by atoms with Crippen molar-refractivity contribution in [2.45, 2.75) is 251 Å². The van der Waals surface area contributed by atoms with Crippen LogP contribution in [0.15, 0.2) is 12.2 Å². The third-order valence-corrected chi connectivity index (χ3v) is 10.1. The summed E-state index contributed by atoms with van der Waals surface area (Å²) in [6.07, 6.45) is 51.4. The molecule has 0 rings (SSSR count). The zero-order chi connectivity index (χ0) is 35.6. The van der Waals surface area contributed by atoms with Crippen LogP contribution in [0.25, 0.3) is 0 Å². The molecule has 0 amide bonds. The van der Waals surface area contributed by atoms with Crippen LogP contribution in [0, 0.1) is 0 Å². The number of unbranched alkanes of at least 4 members (excludes halogenated alkanes) is 32. The molecule has 0 aliphatic heterocycles. The lowest BCUT2D eigenvalue weighted by molar-refractivity contribution is -0.154. The minimum Gasteiger partial charge on any atom is -0.457 e. The van der Waals surface area contributed by atoms with Gasteiger partial charge in [0.25, 0.3) is 0 Å². The summed E-state index contributed by atoms with van der Waals surface area (Å²) in [5.74, 6) is -0.197. The van der Waals surface area contributed by atoms with E-state index in [0.29, 0.717) is 19.6 Å². The van der Waals surface area contributed by atoms with Gasteiger partial charge in [0.1, 0.15) is 6.10 Å². The van der Waals surface area contributed by atoms with Crippen molar-refractivity contribution >= 4 is 5.97 Å². The monoisotopic (exact) mass is 693 g/mol. The standard InChI is InChI=1S/C45H88O4/c1-3-5-7-9-11-13-15-17-18-19-20-21-22-23-24-25-26-27-28-29-30-32-34-36-38-40-45(47)49-44(42-46)43-48-41-39-37-35-33-31-16-14-12-10-8-6-4-2/h10,12,44,46H,3-9,11,13-43H2,1-2H3/b12-10-. The normalized spacial score (nSPS) is 12.3. The highest BCUT2D eigenvalue weighted by Crippen LogP contribution is 2.16. The van der Waals surface area contributed by atoms with Crippen molar-refractivity contribution in [3.05, 3.63) is 12.2 Å². The van der Waals surface area contributed by atoms with Gasteiger partial charge in [0.2, 0.25) is 0 Å². The highest BCUT2D eigenvalue weighted by molar-refractivity contribution is 5.69. The third-order valence-electron chi connectivity index (χ3n) is 10.1. The highest BCUT2D eigenvalue weighted by atomic mass is 16.6. The maximum absolute atomic E-state index is 12.2. The van der Waals surface area contributed by atoms with Crippen LogP contribution in [0.5, 0.6) is 0 Å². The van der Waals surface area contributed by atoms with E-state index in [1.54, 1.807) is 0 Å². The van der Waals surface area contributed by atoms with E-state index in [9.17, 15) is 9.90 Å². The van der Waals surface area contributed by atoms with Crippen molar-refractivity contribution in [1.82, 2.24) is 0 Å². The second kappa shape index (κ2) is 43.3. The Morgan fingerprint density at radius 2 is 0.816 bits per heavy atom.